The second-order valence-electron chi connectivity index (χ2n) is 18.1. The van der Waals surface area contributed by atoms with Crippen LogP contribution < -0.4 is 0 Å². The van der Waals surface area contributed by atoms with E-state index in [2.05, 4.69) is 130 Å². The third kappa shape index (κ3) is 53.0. The van der Waals surface area contributed by atoms with Crippen molar-refractivity contribution < 1.29 is 28.6 Å². The summed E-state index contributed by atoms with van der Waals surface area (Å²) in [6.45, 7) is 6.41. The Bertz CT molecular complexity index is 1410. The van der Waals surface area contributed by atoms with Crippen molar-refractivity contribution in [3.8, 4) is 0 Å². The molecule has 0 bridgehead atoms. The minimum absolute atomic E-state index is 0.122. The van der Waals surface area contributed by atoms with Gasteiger partial charge in [-0.15, -0.1) is 0 Å². The predicted octanol–water partition coefficient (Wildman–Crippen LogP) is 18.7. The standard InChI is InChI=1S/C62H102O6/c1-4-7-10-13-16-19-22-25-28-31-34-37-40-43-46-49-52-55-61(64)67-58-59(57-66-60(63)54-51-48-45-42-39-36-33-30-27-24-21-18-15-12-9-6-3)68-62(65)56-53-50-47-44-41-38-35-32-29-26-23-20-17-14-11-8-5-2/h9,12,18,21,25-30,34-35,37-38,43-44,46-47,59H,4-8,10-11,13-17,19-20,22-24,31-33,36,39-42,45,48-58H2,1-3H3/b12-9-,21-18-,28-25-,29-26-,30-27-,37-34-,38-35-,46-43-,47-44-. The molecule has 0 heterocycles. The summed E-state index contributed by atoms with van der Waals surface area (Å²) in [7, 11) is 0. The SMILES string of the molecule is CC/C=C\C/C=C\C/C=C\CCCCCCCCC(=O)OCC(COC(=O)CCC/C=C\C/C=C\C/C=C\CCCCCCCC)OC(=O)CCC/C=C\C/C=C\C/C=C\CCCCCCCC. The maximum atomic E-state index is 12.8. The van der Waals surface area contributed by atoms with Crippen molar-refractivity contribution in [2.24, 2.45) is 0 Å². The third-order valence-corrected chi connectivity index (χ3v) is 11.5. The Morgan fingerprint density at radius 3 is 0.956 bits per heavy atom. The van der Waals surface area contributed by atoms with Gasteiger partial charge in [0.05, 0.1) is 0 Å². The first-order chi connectivity index (χ1) is 33.5. The van der Waals surface area contributed by atoms with Crippen LogP contribution in [0.25, 0.3) is 0 Å². The number of unbranched alkanes of at least 4 members (excludes halogenated alkanes) is 20. The van der Waals surface area contributed by atoms with Crippen LogP contribution in [-0.2, 0) is 28.6 Å². The number of hydrogen-bond acceptors (Lipinski definition) is 6. The van der Waals surface area contributed by atoms with E-state index in [4.69, 9.17) is 14.2 Å². The van der Waals surface area contributed by atoms with E-state index in [1.165, 1.54) is 103 Å². The lowest BCUT2D eigenvalue weighted by atomic mass is 10.1. The molecule has 0 radical (unpaired) electrons. The molecule has 0 amide bonds. The van der Waals surface area contributed by atoms with Crippen LogP contribution in [0.1, 0.15) is 245 Å². The molecule has 0 aromatic carbocycles. The van der Waals surface area contributed by atoms with Gasteiger partial charge in [0.2, 0.25) is 0 Å². The summed E-state index contributed by atoms with van der Waals surface area (Å²) >= 11 is 0. The lowest BCUT2D eigenvalue weighted by molar-refractivity contribution is -0.167. The number of allylic oxidation sites excluding steroid dienone is 18. The molecule has 0 aliphatic rings. The van der Waals surface area contributed by atoms with E-state index in [0.717, 1.165) is 89.9 Å². The van der Waals surface area contributed by atoms with Gasteiger partial charge in [-0.1, -0.05) is 220 Å². The Morgan fingerprint density at radius 2 is 0.588 bits per heavy atom. The van der Waals surface area contributed by atoms with E-state index in [9.17, 15) is 14.4 Å². The molecule has 0 saturated heterocycles. The Balaban J connectivity index is 4.57. The first-order valence-electron chi connectivity index (χ1n) is 27.9. The molecule has 0 spiro atoms. The zero-order valence-electron chi connectivity index (χ0n) is 44.1. The predicted molar refractivity (Wildman–Crippen MR) is 293 cm³/mol. The molecular weight excluding hydrogens is 841 g/mol. The summed E-state index contributed by atoms with van der Waals surface area (Å²) < 4.78 is 16.7. The molecule has 1 atom stereocenters. The van der Waals surface area contributed by atoms with Gasteiger partial charge in [0.15, 0.2) is 6.10 Å². The highest BCUT2D eigenvalue weighted by Gasteiger charge is 2.19. The van der Waals surface area contributed by atoms with Crippen LogP contribution in [0, 0.1) is 0 Å². The Morgan fingerprint density at radius 1 is 0.309 bits per heavy atom. The largest absolute Gasteiger partial charge is 0.462 e. The minimum Gasteiger partial charge on any atom is -0.462 e. The van der Waals surface area contributed by atoms with Crippen LogP contribution in [-0.4, -0.2) is 37.2 Å². The smallest absolute Gasteiger partial charge is 0.306 e. The molecule has 0 saturated carbocycles. The van der Waals surface area contributed by atoms with E-state index in [1.807, 2.05) is 0 Å². The molecular formula is C62H102O6. The first kappa shape index (κ1) is 64.1. The average Bonchev–Trinajstić information content (AvgIpc) is 3.34. The molecule has 0 rings (SSSR count). The Labute approximate surface area is 419 Å². The number of carbonyl (C=O) groups excluding carboxylic acids is 3. The normalized spacial score (nSPS) is 12.9. The minimum atomic E-state index is -0.832. The number of esters is 3. The third-order valence-electron chi connectivity index (χ3n) is 11.5. The number of carbonyl (C=O) groups is 3. The zero-order chi connectivity index (χ0) is 49.3. The lowest BCUT2D eigenvalue weighted by Gasteiger charge is -2.18. The molecule has 0 fully saturated rings. The van der Waals surface area contributed by atoms with Gasteiger partial charge in [0.25, 0.3) is 0 Å². The summed E-state index contributed by atoms with van der Waals surface area (Å²) in [5.74, 6) is -1.04. The number of ether oxygens (including phenoxy) is 3. The van der Waals surface area contributed by atoms with Gasteiger partial charge in [0, 0.05) is 19.3 Å². The highest BCUT2D eigenvalue weighted by Crippen LogP contribution is 2.12. The van der Waals surface area contributed by atoms with Crippen LogP contribution in [0.2, 0.25) is 0 Å². The number of rotatable bonds is 49. The summed E-state index contributed by atoms with van der Waals surface area (Å²) in [6, 6.07) is 0. The molecule has 0 aliphatic carbocycles. The van der Waals surface area contributed by atoms with Gasteiger partial charge < -0.3 is 14.2 Å². The molecule has 0 N–H and O–H groups in total. The Hall–Kier alpha value is -3.93. The van der Waals surface area contributed by atoms with E-state index in [1.54, 1.807) is 0 Å². The van der Waals surface area contributed by atoms with Gasteiger partial charge in [-0.2, -0.15) is 0 Å². The topological polar surface area (TPSA) is 78.9 Å². The molecule has 0 aromatic rings. The van der Waals surface area contributed by atoms with Crippen LogP contribution >= 0.6 is 0 Å². The van der Waals surface area contributed by atoms with Crippen LogP contribution in [0.3, 0.4) is 0 Å². The highest BCUT2D eigenvalue weighted by molar-refractivity contribution is 5.71. The van der Waals surface area contributed by atoms with E-state index in [0.29, 0.717) is 19.3 Å². The zero-order valence-corrected chi connectivity index (χ0v) is 44.1. The van der Waals surface area contributed by atoms with Gasteiger partial charge >= 0.3 is 17.9 Å². The fourth-order valence-corrected chi connectivity index (χ4v) is 7.31. The quantitative estimate of drug-likeness (QED) is 0.0262. The van der Waals surface area contributed by atoms with Crippen LogP contribution in [0.15, 0.2) is 109 Å². The molecule has 6 nitrogen and oxygen atoms in total. The van der Waals surface area contributed by atoms with Crippen molar-refractivity contribution in [3.05, 3.63) is 109 Å². The van der Waals surface area contributed by atoms with Gasteiger partial charge in [0.1, 0.15) is 13.2 Å². The maximum absolute atomic E-state index is 12.8. The van der Waals surface area contributed by atoms with Crippen molar-refractivity contribution in [3.63, 3.8) is 0 Å². The highest BCUT2D eigenvalue weighted by atomic mass is 16.6. The molecule has 0 aromatic heterocycles. The van der Waals surface area contributed by atoms with Crippen molar-refractivity contribution >= 4 is 17.9 Å². The summed E-state index contributed by atoms with van der Waals surface area (Å²) in [5.41, 5.74) is 0. The van der Waals surface area contributed by atoms with Crippen molar-refractivity contribution in [2.45, 2.75) is 252 Å². The van der Waals surface area contributed by atoms with E-state index in [-0.39, 0.29) is 44.0 Å². The fraction of sp³-hybridized carbons (Fsp3) is 0.661. The second kappa shape index (κ2) is 55.7. The van der Waals surface area contributed by atoms with E-state index >= 15 is 0 Å². The van der Waals surface area contributed by atoms with Crippen LogP contribution in [0.5, 0.6) is 0 Å². The Kier molecular flexibility index (Phi) is 52.4. The monoisotopic (exact) mass is 943 g/mol. The van der Waals surface area contributed by atoms with Crippen molar-refractivity contribution in [1.82, 2.24) is 0 Å². The number of hydrogen-bond donors (Lipinski definition) is 0. The van der Waals surface area contributed by atoms with Crippen molar-refractivity contribution in [1.29, 1.82) is 0 Å². The van der Waals surface area contributed by atoms with Crippen molar-refractivity contribution in [2.75, 3.05) is 13.2 Å². The summed E-state index contributed by atoms with van der Waals surface area (Å²) in [6.07, 6.45) is 75.2. The fourth-order valence-electron chi connectivity index (χ4n) is 7.31. The molecule has 68 heavy (non-hydrogen) atoms. The second-order valence-corrected chi connectivity index (χ2v) is 18.1. The summed E-state index contributed by atoms with van der Waals surface area (Å²) in [5, 5.41) is 0. The van der Waals surface area contributed by atoms with E-state index < -0.39 is 6.10 Å². The van der Waals surface area contributed by atoms with Crippen LogP contribution in [0.4, 0.5) is 0 Å². The molecule has 6 heteroatoms. The van der Waals surface area contributed by atoms with Gasteiger partial charge in [-0.05, 0) is 116 Å². The molecule has 386 valence electrons. The average molecular weight is 943 g/mol. The van der Waals surface area contributed by atoms with Gasteiger partial charge in [-0.25, -0.2) is 0 Å². The first-order valence-corrected chi connectivity index (χ1v) is 27.9. The van der Waals surface area contributed by atoms with Gasteiger partial charge in [-0.3, -0.25) is 14.4 Å². The molecule has 1 unspecified atom stereocenters. The molecule has 0 aliphatic heterocycles. The maximum Gasteiger partial charge on any atom is 0.306 e. The lowest BCUT2D eigenvalue weighted by Crippen LogP contribution is -2.30. The summed E-state index contributed by atoms with van der Waals surface area (Å²) in [4.78, 5) is 38.1.